The van der Waals surface area contributed by atoms with Crippen molar-refractivity contribution >= 4 is 19.7 Å². The molecule has 1 aromatic heterocycles. The molecule has 1 rings (SSSR count). The molecule has 0 aliphatic carbocycles. The largest absolute Gasteiger partial charge is 0.412 e. The lowest BCUT2D eigenvalue weighted by atomic mass is 10.2. The van der Waals surface area contributed by atoms with Crippen LogP contribution in [0.4, 0.5) is 0 Å². The molecular formula is C14H26OSSi. The molecule has 0 bridgehead atoms. The number of hydrogen-bond donors (Lipinski definition) is 0. The van der Waals surface area contributed by atoms with Gasteiger partial charge in [0.05, 0.1) is 6.61 Å². The summed E-state index contributed by atoms with van der Waals surface area (Å²) in [5.41, 5.74) is 0. The Morgan fingerprint density at radius 1 is 1.24 bits per heavy atom. The summed E-state index contributed by atoms with van der Waals surface area (Å²) in [5, 5.41) is 0.297. The van der Waals surface area contributed by atoms with Crippen LogP contribution in [0.2, 0.25) is 18.1 Å². The third-order valence-corrected chi connectivity index (χ3v) is 9.47. The summed E-state index contributed by atoms with van der Waals surface area (Å²) in [6.07, 6.45) is 0. The van der Waals surface area contributed by atoms with Gasteiger partial charge in [0.25, 0.3) is 0 Å². The van der Waals surface area contributed by atoms with Crippen molar-refractivity contribution < 1.29 is 4.43 Å². The normalized spacial score (nSPS) is 13.4. The molecule has 17 heavy (non-hydrogen) atoms. The fourth-order valence-electron chi connectivity index (χ4n) is 1.25. The van der Waals surface area contributed by atoms with Gasteiger partial charge >= 0.3 is 0 Å². The van der Waals surface area contributed by atoms with Crippen LogP contribution in [0.5, 0.6) is 0 Å². The second kappa shape index (κ2) is 5.25. The summed E-state index contributed by atoms with van der Waals surface area (Å²) >= 11 is 1.89. The minimum Gasteiger partial charge on any atom is -0.412 e. The van der Waals surface area contributed by atoms with E-state index in [9.17, 15) is 0 Å². The smallest absolute Gasteiger partial charge is 0.192 e. The third kappa shape index (κ3) is 3.93. The highest BCUT2D eigenvalue weighted by Crippen LogP contribution is 2.37. The van der Waals surface area contributed by atoms with E-state index in [4.69, 9.17) is 4.43 Å². The van der Waals surface area contributed by atoms with Gasteiger partial charge in [-0.3, -0.25) is 0 Å². The van der Waals surface area contributed by atoms with E-state index in [2.05, 4.69) is 59.8 Å². The highest BCUT2D eigenvalue weighted by atomic mass is 32.1. The van der Waals surface area contributed by atoms with Crippen molar-refractivity contribution in [2.45, 2.75) is 65.3 Å². The predicted molar refractivity (Wildman–Crippen MR) is 80.4 cm³/mol. The molecule has 3 heteroatoms. The summed E-state index contributed by atoms with van der Waals surface area (Å²) in [5.74, 6) is 0.627. The van der Waals surface area contributed by atoms with Gasteiger partial charge in [-0.05, 0) is 36.2 Å². The second-order valence-electron chi connectivity index (χ2n) is 6.51. The van der Waals surface area contributed by atoms with Gasteiger partial charge in [-0.1, -0.05) is 34.6 Å². The van der Waals surface area contributed by atoms with Gasteiger partial charge in [0.1, 0.15) is 0 Å². The van der Waals surface area contributed by atoms with Crippen molar-refractivity contribution in [1.82, 2.24) is 0 Å². The first-order valence-corrected chi connectivity index (χ1v) is 10.1. The number of thiophene rings is 1. The maximum absolute atomic E-state index is 6.22. The van der Waals surface area contributed by atoms with Gasteiger partial charge in [-0.25, -0.2) is 0 Å². The van der Waals surface area contributed by atoms with E-state index in [1.54, 1.807) is 0 Å². The molecule has 0 spiro atoms. The zero-order valence-electron chi connectivity index (χ0n) is 12.3. The van der Waals surface area contributed by atoms with E-state index < -0.39 is 8.32 Å². The van der Waals surface area contributed by atoms with Gasteiger partial charge in [-0.15, -0.1) is 11.3 Å². The zero-order chi connectivity index (χ0) is 13.3. The Balaban J connectivity index is 2.61. The van der Waals surface area contributed by atoms with E-state index in [0.717, 1.165) is 6.61 Å². The van der Waals surface area contributed by atoms with Crippen molar-refractivity contribution in [3.8, 4) is 0 Å². The molecule has 0 aliphatic rings. The van der Waals surface area contributed by atoms with Crippen molar-refractivity contribution in [2.75, 3.05) is 0 Å². The molecule has 0 aromatic carbocycles. The quantitative estimate of drug-likeness (QED) is 0.666. The Labute approximate surface area is 111 Å². The average Bonchev–Trinajstić information content (AvgIpc) is 2.61. The van der Waals surface area contributed by atoms with Gasteiger partial charge in [0.2, 0.25) is 0 Å². The maximum Gasteiger partial charge on any atom is 0.192 e. The zero-order valence-corrected chi connectivity index (χ0v) is 14.1. The van der Waals surface area contributed by atoms with E-state index in [-0.39, 0.29) is 0 Å². The Morgan fingerprint density at radius 2 is 1.82 bits per heavy atom. The SMILES string of the molecule is CC(C)c1ccc(CO[Si](C)(C)C(C)(C)C)s1. The van der Waals surface area contributed by atoms with Gasteiger partial charge < -0.3 is 4.43 Å². The van der Waals surface area contributed by atoms with Crippen LogP contribution in [0.3, 0.4) is 0 Å². The lowest BCUT2D eigenvalue weighted by molar-refractivity contribution is 0.279. The van der Waals surface area contributed by atoms with Crippen LogP contribution >= 0.6 is 11.3 Å². The van der Waals surface area contributed by atoms with Crippen LogP contribution in [0.1, 0.15) is 50.3 Å². The molecule has 1 aromatic rings. The minimum atomic E-state index is -1.60. The molecule has 0 fully saturated rings. The fourth-order valence-corrected chi connectivity index (χ4v) is 3.23. The highest BCUT2D eigenvalue weighted by Gasteiger charge is 2.37. The van der Waals surface area contributed by atoms with Crippen molar-refractivity contribution in [2.24, 2.45) is 0 Å². The maximum atomic E-state index is 6.22. The molecule has 0 amide bonds. The first-order chi connectivity index (χ1) is 7.63. The Hall–Kier alpha value is -0.123. The van der Waals surface area contributed by atoms with Crippen LogP contribution in [0.25, 0.3) is 0 Å². The van der Waals surface area contributed by atoms with Crippen molar-refractivity contribution in [3.63, 3.8) is 0 Å². The predicted octanol–water partition coefficient (Wildman–Crippen LogP) is 5.39. The molecule has 1 nitrogen and oxygen atoms in total. The van der Waals surface area contributed by atoms with Crippen LogP contribution < -0.4 is 0 Å². The summed E-state index contributed by atoms with van der Waals surface area (Å²) in [4.78, 5) is 2.82. The monoisotopic (exact) mass is 270 g/mol. The Morgan fingerprint density at radius 3 is 2.24 bits per heavy atom. The standard InChI is InChI=1S/C14H26OSSi/c1-11(2)13-9-8-12(16-13)10-15-17(6,7)14(3,4)5/h8-9,11H,10H2,1-7H3. The van der Waals surface area contributed by atoms with Crippen molar-refractivity contribution in [3.05, 3.63) is 21.9 Å². The summed E-state index contributed by atoms with van der Waals surface area (Å²) in [6, 6.07) is 4.45. The molecule has 0 saturated heterocycles. The van der Waals surface area contributed by atoms with Gasteiger partial charge in [0.15, 0.2) is 8.32 Å². The number of rotatable bonds is 4. The van der Waals surface area contributed by atoms with Gasteiger partial charge in [-0.2, -0.15) is 0 Å². The third-order valence-electron chi connectivity index (χ3n) is 3.63. The van der Waals surface area contributed by atoms with E-state index in [1.807, 2.05) is 11.3 Å². The summed E-state index contributed by atoms with van der Waals surface area (Å²) < 4.78 is 6.22. The van der Waals surface area contributed by atoms with Crippen LogP contribution in [-0.4, -0.2) is 8.32 Å². The molecule has 0 N–H and O–H groups in total. The van der Waals surface area contributed by atoms with Crippen LogP contribution in [0, 0.1) is 0 Å². The number of hydrogen-bond acceptors (Lipinski definition) is 2. The minimum absolute atomic E-state index is 0.297. The lowest BCUT2D eigenvalue weighted by Gasteiger charge is -2.36. The molecule has 0 saturated carbocycles. The molecule has 0 aliphatic heterocycles. The fraction of sp³-hybridized carbons (Fsp3) is 0.714. The summed E-state index contributed by atoms with van der Waals surface area (Å²) in [7, 11) is -1.60. The van der Waals surface area contributed by atoms with Crippen molar-refractivity contribution in [1.29, 1.82) is 0 Å². The molecule has 98 valence electrons. The second-order valence-corrected chi connectivity index (χ2v) is 12.5. The lowest BCUT2D eigenvalue weighted by Crippen LogP contribution is -2.40. The Bertz CT molecular complexity index is 361. The topological polar surface area (TPSA) is 9.23 Å². The molecule has 0 unspecified atom stereocenters. The van der Waals surface area contributed by atoms with E-state index in [1.165, 1.54) is 9.75 Å². The average molecular weight is 271 g/mol. The van der Waals surface area contributed by atoms with E-state index >= 15 is 0 Å². The first kappa shape index (κ1) is 14.9. The van der Waals surface area contributed by atoms with Gasteiger partial charge in [0, 0.05) is 9.75 Å². The molecular weight excluding hydrogens is 244 g/mol. The first-order valence-electron chi connectivity index (χ1n) is 6.36. The molecule has 0 atom stereocenters. The Kier molecular flexibility index (Phi) is 4.61. The van der Waals surface area contributed by atoms with Crippen LogP contribution in [-0.2, 0) is 11.0 Å². The molecule has 1 heterocycles. The highest BCUT2D eigenvalue weighted by molar-refractivity contribution is 7.12. The summed E-state index contributed by atoms with van der Waals surface area (Å²) in [6.45, 7) is 16.7. The molecule has 0 radical (unpaired) electrons. The van der Waals surface area contributed by atoms with E-state index in [0.29, 0.717) is 11.0 Å². The van der Waals surface area contributed by atoms with Crippen LogP contribution in [0.15, 0.2) is 12.1 Å².